The second-order valence-corrected chi connectivity index (χ2v) is 8.94. The van der Waals surface area contributed by atoms with E-state index in [1.54, 1.807) is 12.1 Å². The van der Waals surface area contributed by atoms with Crippen LogP contribution in [0.1, 0.15) is 39.0 Å². The predicted molar refractivity (Wildman–Crippen MR) is 98.1 cm³/mol. The second-order valence-electron chi connectivity index (χ2n) is 6.79. The number of hydrogen-bond donors (Lipinski definition) is 1. The van der Waals surface area contributed by atoms with Gasteiger partial charge in [0.05, 0.1) is 4.90 Å². The molecule has 144 valence electrons. The maximum atomic E-state index is 12.2. The molecule has 0 saturated heterocycles. The molecule has 1 aromatic rings. The summed E-state index contributed by atoms with van der Waals surface area (Å²) < 4.78 is 30.6. The van der Waals surface area contributed by atoms with Crippen LogP contribution in [0, 0.1) is 5.92 Å². The minimum Gasteiger partial charge on any atom is -0.453 e. The number of rotatable bonds is 7. The molecule has 1 unspecified atom stereocenters. The van der Waals surface area contributed by atoms with Crippen molar-refractivity contribution in [2.45, 2.75) is 50.0 Å². The van der Waals surface area contributed by atoms with Crippen LogP contribution >= 0.6 is 0 Å². The van der Waals surface area contributed by atoms with Crippen molar-refractivity contribution in [1.29, 1.82) is 0 Å². The lowest BCUT2D eigenvalue weighted by Gasteiger charge is -2.16. The van der Waals surface area contributed by atoms with Crippen LogP contribution in [-0.4, -0.2) is 44.8 Å². The number of ether oxygens (including phenoxy) is 1. The number of carbonyl (C=O) groups is 2. The van der Waals surface area contributed by atoms with E-state index in [0.717, 1.165) is 30.0 Å². The highest BCUT2D eigenvalue weighted by Gasteiger charge is 2.23. The fourth-order valence-corrected chi connectivity index (χ4v) is 3.89. The molecule has 0 aliphatic heterocycles. The van der Waals surface area contributed by atoms with Gasteiger partial charge >= 0.3 is 5.97 Å². The molecule has 0 radical (unpaired) electrons. The Morgan fingerprint density at radius 3 is 2.54 bits per heavy atom. The van der Waals surface area contributed by atoms with Gasteiger partial charge in [-0.05, 0) is 43.9 Å². The molecule has 0 bridgehead atoms. The van der Waals surface area contributed by atoms with E-state index in [1.165, 1.54) is 33.2 Å². The molecule has 8 heteroatoms. The normalized spacial score (nSPS) is 16.5. The summed E-state index contributed by atoms with van der Waals surface area (Å²) in [6.45, 7) is 1.50. The molecular formula is C18H26N2O5S. The van der Waals surface area contributed by atoms with E-state index < -0.39 is 22.0 Å². The number of esters is 1. The molecule has 1 saturated carbocycles. The first-order chi connectivity index (χ1) is 12.2. The van der Waals surface area contributed by atoms with Gasteiger partial charge in [0.15, 0.2) is 6.10 Å². The molecule has 1 N–H and O–H groups in total. The summed E-state index contributed by atoms with van der Waals surface area (Å²) in [6, 6.07) is 5.96. The van der Waals surface area contributed by atoms with Crippen LogP contribution in [0.15, 0.2) is 29.2 Å². The van der Waals surface area contributed by atoms with Crippen molar-refractivity contribution in [1.82, 2.24) is 4.31 Å². The van der Waals surface area contributed by atoms with Crippen molar-refractivity contribution >= 4 is 27.6 Å². The highest BCUT2D eigenvalue weighted by molar-refractivity contribution is 7.89. The van der Waals surface area contributed by atoms with Gasteiger partial charge in [-0.15, -0.1) is 0 Å². The van der Waals surface area contributed by atoms with E-state index in [0.29, 0.717) is 18.0 Å². The van der Waals surface area contributed by atoms with E-state index in [2.05, 4.69) is 5.32 Å². The Balaban J connectivity index is 1.95. The lowest BCUT2D eigenvalue weighted by molar-refractivity contribution is -0.154. The minimum absolute atomic E-state index is 0.0752. The van der Waals surface area contributed by atoms with Gasteiger partial charge in [0.1, 0.15) is 0 Å². The molecule has 0 aromatic heterocycles. The molecule has 1 aliphatic rings. The largest absolute Gasteiger partial charge is 0.453 e. The van der Waals surface area contributed by atoms with E-state index >= 15 is 0 Å². The number of nitrogens with zero attached hydrogens (tertiary/aromatic N) is 1. The Morgan fingerprint density at radius 2 is 1.92 bits per heavy atom. The van der Waals surface area contributed by atoms with Gasteiger partial charge in [0.2, 0.25) is 10.0 Å². The van der Waals surface area contributed by atoms with Gasteiger partial charge < -0.3 is 10.1 Å². The third kappa shape index (κ3) is 5.28. The minimum atomic E-state index is -3.59. The van der Waals surface area contributed by atoms with Crippen molar-refractivity contribution in [2.75, 3.05) is 19.4 Å². The van der Waals surface area contributed by atoms with Gasteiger partial charge in [-0.2, -0.15) is 0 Å². The summed E-state index contributed by atoms with van der Waals surface area (Å²) in [4.78, 5) is 24.2. The molecule has 1 fully saturated rings. The van der Waals surface area contributed by atoms with Gasteiger partial charge in [-0.1, -0.05) is 18.9 Å². The van der Waals surface area contributed by atoms with Crippen molar-refractivity contribution in [2.24, 2.45) is 5.92 Å². The maximum Gasteiger partial charge on any atom is 0.306 e. The molecule has 1 aromatic carbocycles. The van der Waals surface area contributed by atoms with Crippen molar-refractivity contribution in [3.05, 3.63) is 24.3 Å². The van der Waals surface area contributed by atoms with Crippen LogP contribution in [0.4, 0.5) is 5.69 Å². The number of hydrogen-bond acceptors (Lipinski definition) is 5. The van der Waals surface area contributed by atoms with Crippen LogP contribution in [0.25, 0.3) is 0 Å². The van der Waals surface area contributed by atoms with E-state index in [9.17, 15) is 18.0 Å². The van der Waals surface area contributed by atoms with Crippen LogP contribution in [0.5, 0.6) is 0 Å². The topological polar surface area (TPSA) is 92.8 Å². The van der Waals surface area contributed by atoms with Crippen LogP contribution in [0.3, 0.4) is 0 Å². The number of amides is 1. The smallest absolute Gasteiger partial charge is 0.306 e. The monoisotopic (exact) mass is 382 g/mol. The summed E-state index contributed by atoms with van der Waals surface area (Å²) in [6.07, 6.45) is 3.73. The first-order valence-electron chi connectivity index (χ1n) is 8.73. The number of nitrogens with one attached hydrogen (secondary N) is 1. The fourth-order valence-electron chi connectivity index (χ4n) is 2.94. The standard InChI is InChI=1S/C18H26N2O5S/c1-13(25-17(21)11-14-7-4-5-8-14)18(22)19-15-9-6-10-16(12-15)26(23,24)20(2)3/h6,9-10,12-14H,4-5,7-8,11H2,1-3H3,(H,19,22). The third-order valence-electron chi connectivity index (χ3n) is 4.49. The predicted octanol–water partition coefficient (Wildman–Crippen LogP) is 2.39. The molecule has 7 nitrogen and oxygen atoms in total. The number of sulfonamides is 1. The summed E-state index contributed by atoms with van der Waals surface area (Å²) in [5.74, 6) is -0.515. The number of carbonyl (C=O) groups excluding carboxylic acids is 2. The average Bonchev–Trinajstić information content (AvgIpc) is 3.07. The fraction of sp³-hybridized carbons (Fsp3) is 0.556. The molecule has 26 heavy (non-hydrogen) atoms. The van der Waals surface area contributed by atoms with Gasteiger partial charge in [-0.25, -0.2) is 12.7 Å². The molecule has 0 spiro atoms. The average molecular weight is 382 g/mol. The zero-order chi connectivity index (χ0) is 19.3. The van der Waals surface area contributed by atoms with Crippen LogP contribution < -0.4 is 5.32 Å². The Morgan fingerprint density at radius 1 is 1.27 bits per heavy atom. The number of anilines is 1. The van der Waals surface area contributed by atoms with Crippen molar-refractivity contribution in [3.63, 3.8) is 0 Å². The molecule has 1 aliphatic carbocycles. The molecule has 0 heterocycles. The van der Waals surface area contributed by atoms with E-state index in [4.69, 9.17) is 4.74 Å². The highest BCUT2D eigenvalue weighted by Crippen LogP contribution is 2.28. The SMILES string of the molecule is CC(OC(=O)CC1CCCC1)C(=O)Nc1cccc(S(=O)(=O)N(C)C)c1. The first-order valence-corrected chi connectivity index (χ1v) is 10.2. The van der Waals surface area contributed by atoms with Crippen LogP contribution in [0.2, 0.25) is 0 Å². The van der Waals surface area contributed by atoms with Crippen molar-refractivity contribution in [3.8, 4) is 0 Å². The Hall–Kier alpha value is -1.93. The van der Waals surface area contributed by atoms with Gasteiger partial charge in [0, 0.05) is 26.2 Å². The zero-order valence-corrected chi connectivity index (χ0v) is 16.2. The van der Waals surface area contributed by atoms with Gasteiger partial charge in [0.25, 0.3) is 5.91 Å². The maximum absolute atomic E-state index is 12.2. The van der Waals surface area contributed by atoms with E-state index in [1.807, 2.05) is 0 Å². The Labute approximate surface area is 154 Å². The Bertz CT molecular complexity index is 755. The van der Waals surface area contributed by atoms with Gasteiger partial charge in [-0.3, -0.25) is 9.59 Å². The first kappa shape index (κ1) is 20.4. The second kappa shape index (κ2) is 8.64. The quantitative estimate of drug-likeness (QED) is 0.731. The molecule has 1 amide bonds. The van der Waals surface area contributed by atoms with Crippen LogP contribution in [-0.2, 0) is 24.3 Å². The summed E-state index contributed by atoms with van der Waals surface area (Å²) in [5.41, 5.74) is 0.330. The summed E-state index contributed by atoms with van der Waals surface area (Å²) >= 11 is 0. The molecule has 1 atom stereocenters. The lowest BCUT2D eigenvalue weighted by atomic mass is 10.0. The molecule has 2 rings (SSSR count). The number of benzene rings is 1. The molecular weight excluding hydrogens is 356 g/mol. The van der Waals surface area contributed by atoms with E-state index in [-0.39, 0.29) is 10.9 Å². The lowest BCUT2D eigenvalue weighted by Crippen LogP contribution is -2.30. The summed E-state index contributed by atoms with van der Waals surface area (Å²) in [5, 5.41) is 2.59. The summed E-state index contributed by atoms with van der Waals surface area (Å²) in [7, 11) is -0.717. The third-order valence-corrected chi connectivity index (χ3v) is 6.30. The zero-order valence-electron chi connectivity index (χ0n) is 15.4. The Kier molecular flexibility index (Phi) is 6.77. The highest BCUT2D eigenvalue weighted by atomic mass is 32.2. The van der Waals surface area contributed by atoms with Crippen molar-refractivity contribution < 1.29 is 22.7 Å².